The molecule has 7 nitrogen and oxygen atoms in total. The van der Waals surface area contributed by atoms with E-state index in [1.165, 1.54) is 12.5 Å². The summed E-state index contributed by atoms with van der Waals surface area (Å²) >= 11 is 0. The minimum atomic E-state index is -0.199. The molecule has 1 amide bonds. The van der Waals surface area contributed by atoms with Crippen LogP contribution in [0.4, 0.5) is 5.69 Å². The molecule has 0 bridgehead atoms. The molecule has 0 atom stereocenters. The summed E-state index contributed by atoms with van der Waals surface area (Å²) in [5.41, 5.74) is 1.28. The van der Waals surface area contributed by atoms with E-state index in [9.17, 15) is 4.79 Å². The number of anilines is 1. The summed E-state index contributed by atoms with van der Waals surface area (Å²) < 4.78 is 0. The van der Waals surface area contributed by atoms with E-state index in [0.717, 1.165) is 12.2 Å². The predicted molar refractivity (Wildman–Crippen MR) is 66.0 cm³/mol. The summed E-state index contributed by atoms with van der Waals surface area (Å²) in [7, 11) is 0. The van der Waals surface area contributed by atoms with Crippen LogP contribution in [-0.4, -0.2) is 32.6 Å². The van der Waals surface area contributed by atoms with Gasteiger partial charge < -0.3 is 10.6 Å². The number of rotatable bonds is 5. The van der Waals surface area contributed by atoms with Crippen LogP contribution in [0.3, 0.4) is 0 Å². The van der Waals surface area contributed by atoms with Gasteiger partial charge in [0.1, 0.15) is 12.2 Å². The molecule has 0 saturated heterocycles. The summed E-state index contributed by atoms with van der Waals surface area (Å²) in [6, 6.07) is 1.77. The Hall–Kier alpha value is -2.44. The number of H-pyrrole nitrogens is 1. The van der Waals surface area contributed by atoms with Crippen LogP contribution in [0.2, 0.25) is 0 Å². The largest absolute Gasteiger partial charge is 0.385 e. The van der Waals surface area contributed by atoms with Crippen molar-refractivity contribution in [1.82, 2.24) is 25.5 Å². The van der Waals surface area contributed by atoms with E-state index in [1.54, 1.807) is 12.3 Å². The van der Waals surface area contributed by atoms with Crippen molar-refractivity contribution in [2.45, 2.75) is 13.5 Å². The average Bonchev–Trinajstić information content (AvgIpc) is 2.90. The van der Waals surface area contributed by atoms with Gasteiger partial charge in [-0.1, -0.05) is 0 Å². The maximum Gasteiger partial charge on any atom is 0.255 e. The molecule has 0 aliphatic rings. The first-order valence-electron chi connectivity index (χ1n) is 5.61. The third-order valence-corrected chi connectivity index (χ3v) is 2.31. The molecule has 0 aliphatic carbocycles. The predicted octanol–water partition coefficient (Wildman–Crippen LogP) is 0.561. The van der Waals surface area contributed by atoms with E-state index in [4.69, 9.17) is 0 Å². The second kappa shape index (κ2) is 5.76. The molecule has 0 spiro atoms. The van der Waals surface area contributed by atoms with E-state index in [2.05, 4.69) is 30.8 Å². The summed E-state index contributed by atoms with van der Waals surface area (Å²) in [5.74, 6) is 0.410. The lowest BCUT2D eigenvalue weighted by molar-refractivity contribution is 0.0950. The van der Waals surface area contributed by atoms with Crippen LogP contribution in [0.1, 0.15) is 23.1 Å². The molecule has 2 rings (SSSR count). The average molecular weight is 246 g/mol. The van der Waals surface area contributed by atoms with Gasteiger partial charge in [-0.15, -0.1) is 0 Å². The zero-order valence-corrected chi connectivity index (χ0v) is 9.97. The number of hydrogen-bond donors (Lipinski definition) is 3. The highest BCUT2D eigenvalue weighted by Crippen LogP contribution is 2.12. The fraction of sp³-hybridized carbons (Fsp3) is 0.273. The lowest BCUT2D eigenvalue weighted by atomic mass is 10.2. The highest BCUT2D eigenvalue weighted by atomic mass is 16.1. The van der Waals surface area contributed by atoms with E-state index in [1.807, 2.05) is 6.92 Å². The van der Waals surface area contributed by atoms with Crippen molar-refractivity contribution in [3.63, 3.8) is 0 Å². The number of carbonyl (C=O) groups excluding carboxylic acids is 1. The van der Waals surface area contributed by atoms with Crippen molar-refractivity contribution in [2.75, 3.05) is 11.9 Å². The van der Waals surface area contributed by atoms with Crippen LogP contribution in [0, 0.1) is 0 Å². The fourth-order valence-electron chi connectivity index (χ4n) is 1.50. The Labute approximate surface area is 104 Å². The molecule has 94 valence electrons. The molecule has 0 aromatic carbocycles. The minimum Gasteiger partial charge on any atom is -0.385 e. The first-order valence-corrected chi connectivity index (χ1v) is 5.61. The van der Waals surface area contributed by atoms with Gasteiger partial charge in [-0.3, -0.25) is 14.9 Å². The normalized spacial score (nSPS) is 10.1. The number of pyridine rings is 1. The van der Waals surface area contributed by atoms with E-state index in [0.29, 0.717) is 17.9 Å². The van der Waals surface area contributed by atoms with Crippen molar-refractivity contribution in [1.29, 1.82) is 0 Å². The van der Waals surface area contributed by atoms with E-state index >= 15 is 0 Å². The second-order valence-electron chi connectivity index (χ2n) is 3.57. The Kier molecular flexibility index (Phi) is 3.85. The topological polar surface area (TPSA) is 95.6 Å². The third kappa shape index (κ3) is 2.82. The van der Waals surface area contributed by atoms with Crippen molar-refractivity contribution in [2.24, 2.45) is 0 Å². The maximum atomic E-state index is 12.0. The molecular formula is C11H14N6O. The van der Waals surface area contributed by atoms with Gasteiger partial charge in [0.15, 0.2) is 0 Å². The number of nitrogens with zero attached hydrogens (tertiary/aromatic N) is 3. The second-order valence-corrected chi connectivity index (χ2v) is 3.57. The zero-order chi connectivity index (χ0) is 12.8. The van der Waals surface area contributed by atoms with Crippen LogP contribution < -0.4 is 10.6 Å². The van der Waals surface area contributed by atoms with Crippen molar-refractivity contribution >= 4 is 11.6 Å². The first-order chi connectivity index (χ1) is 8.81. The minimum absolute atomic E-state index is 0.199. The lowest BCUT2D eigenvalue weighted by Crippen LogP contribution is -2.24. The van der Waals surface area contributed by atoms with Gasteiger partial charge >= 0.3 is 0 Å². The molecule has 0 fully saturated rings. The van der Waals surface area contributed by atoms with Gasteiger partial charge in [0.2, 0.25) is 0 Å². The smallest absolute Gasteiger partial charge is 0.255 e. The highest BCUT2D eigenvalue weighted by molar-refractivity contribution is 5.99. The zero-order valence-electron chi connectivity index (χ0n) is 9.97. The molecular weight excluding hydrogens is 232 g/mol. The van der Waals surface area contributed by atoms with Gasteiger partial charge in [-0.2, -0.15) is 5.10 Å². The van der Waals surface area contributed by atoms with Crippen LogP contribution in [-0.2, 0) is 6.54 Å². The highest BCUT2D eigenvalue weighted by Gasteiger charge is 2.11. The molecule has 18 heavy (non-hydrogen) atoms. The number of carbonyl (C=O) groups is 1. The van der Waals surface area contributed by atoms with Crippen LogP contribution in [0.5, 0.6) is 0 Å². The number of hydrogen-bond acceptors (Lipinski definition) is 5. The molecule has 2 aromatic heterocycles. The summed E-state index contributed by atoms with van der Waals surface area (Å²) in [4.78, 5) is 19.9. The maximum absolute atomic E-state index is 12.0. The van der Waals surface area contributed by atoms with Crippen molar-refractivity contribution < 1.29 is 4.79 Å². The van der Waals surface area contributed by atoms with E-state index < -0.39 is 0 Å². The summed E-state index contributed by atoms with van der Waals surface area (Å²) in [6.45, 7) is 3.02. The molecule has 3 N–H and O–H groups in total. The Balaban J connectivity index is 2.04. The lowest BCUT2D eigenvalue weighted by Gasteiger charge is -2.09. The first kappa shape index (κ1) is 12.0. The number of amides is 1. The monoisotopic (exact) mass is 246 g/mol. The van der Waals surface area contributed by atoms with Crippen LogP contribution >= 0.6 is 0 Å². The van der Waals surface area contributed by atoms with Gasteiger partial charge in [-0.05, 0) is 13.0 Å². The molecule has 0 aliphatic heterocycles. The molecule has 7 heteroatoms. The SMILES string of the molecule is CCNc1ccncc1C(=O)NCc1ncn[nH]1. The standard InChI is InChI=1S/C11H14N6O/c1-2-13-9-3-4-12-5-8(9)11(18)14-6-10-15-7-16-17-10/h3-5,7H,2,6H2,1H3,(H,12,13)(H,14,18)(H,15,16,17). The van der Waals surface area contributed by atoms with Gasteiger partial charge in [0.25, 0.3) is 5.91 Å². The quantitative estimate of drug-likeness (QED) is 0.716. The Morgan fingerprint density at radius 1 is 1.50 bits per heavy atom. The third-order valence-electron chi connectivity index (χ3n) is 2.31. The van der Waals surface area contributed by atoms with Crippen molar-refractivity contribution in [3.05, 3.63) is 36.2 Å². The molecule has 0 saturated carbocycles. The molecule has 0 radical (unpaired) electrons. The molecule has 2 heterocycles. The summed E-state index contributed by atoms with van der Waals surface area (Å²) in [5, 5.41) is 12.2. The Morgan fingerprint density at radius 2 is 2.39 bits per heavy atom. The fourth-order valence-corrected chi connectivity index (χ4v) is 1.50. The number of aromatic nitrogens is 4. The van der Waals surface area contributed by atoms with Crippen LogP contribution in [0.25, 0.3) is 0 Å². The number of nitrogens with one attached hydrogen (secondary N) is 3. The van der Waals surface area contributed by atoms with Crippen LogP contribution in [0.15, 0.2) is 24.8 Å². The number of aromatic amines is 1. The van der Waals surface area contributed by atoms with Gasteiger partial charge in [-0.25, -0.2) is 4.98 Å². The van der Waals surface area contributed by atoms with Gasteiger partial charge in [0.05, 0.1) is 17.8 Å². The Morgan fingerprint density at radius 3 is 3.11 bits per heavy atom. The molecule has 0 unspecified atom stereocenters. The summed E-state index contributed by atoms with van der Waals surface area (Å²) in [6.07, 6.45) is 4.58. The van der Waals surface area contributed by atoms with Crippen molar-refractivity contribution in [3.8, 4) is 0 Å². The Bertz CT molecular complexity index is 510. The van der Waals surface area contributed by atoms with Gasteiger partial charge in [0, 0.05) is 18.9 Å². The molecule has 2 aromatic rings. The van der Waals surface area contributed by atoms with E-state index in [-0.39, 0.29) is 5.91 Å².